The second-order valence-corrected chi connectivity index (χ2v) is 5.37. The van der Waals surface area contributed by atoms with Gasteiger partial charge in [-0.2, -0.15) is 11.3 Å². The van der Waals surface area contributed by atoms with Crippen molar-refractivity contribution in [2.24, 2.45) is 0 Å². The monoisotopic (exact) mass is 254 g/mol. The largest absolute Gasteiger partial charge is 0.341 e. The average molecular weight is 254 g/mol. The molecular weight excluding hydrogens is 232 g/mol. The summed E-state index contributed by atoms with van der Waals surface area (Å²) in [7, 11) is 1.87. The SMILES string of the molecule is CC(C)NCCCC(=O)N(C)Cc1ccsc1. The van der Waals surface area contributed by atoms with Crippen LogP contribution in [-0.4, -0.2) is 30.4 Å². The summed E-state index contributed by atoms with van der Waals surface area (Å²) in [5.41, 5.74) is 1.21. The molecule has 1 aromatic heterocycles. The highest BCUT2D eigenvalue weighted by atomic mass is 32.1. The summed E-state index contributed by atoms with van der Waals surface area (Å²) >= 11 is 1.67. The van der Waals surface area contributed by atoms with Crippen LogP contribution < -0.4 is 5.32 Å². The number of nitrogens with one attached hydrogen (secondary N) is 1. The van der Waals surface area contributed by atoms with Gasteiger partial charge in [0.05, 0.1) is 0 Å². The van der Waals surface area contributed by atoms with E-state index in [1.165, 1.54) is 5.56 Å². The first-order valence-electron chi connectivity index (χ1n) is 6.08. The molecule has 4 heteroatoms. The van der Waals surface area contributed by atoms with Gasteiger partial charge in [0.25, 0.3) is 0 Å². The topological polar surface area (TPSA) is 32.3 Å². The Kier molecular flexibility index (Phi) is 6.22. The lowest BCUT2D eigenvalue weighted by molar-refractivity contribution is -0.130. The molecule has 17 heavy (non-hydrogen) atoms. The predicted molar refractivity (Wildman–Crippen MR) is 73.2 cm³/mol. The van der Waals surface area contributed by atoms with E-state index in [1.54, 1.807) is 16.2 Å². The summed E-state index contributed by atoms with van der Waals surface area (Å²) in [6, 6.07) is 2.56. The smallest absolute Gasteiger partial charge is 0.222 e. The predicted octanol–water partition coefficient (Wildman–Crippen LogP) is 2.48. The van der Waals surface area contributed by atoms with Gasteiger partial charge in [-0.05, 0) is 35.4 Å². The Morgan fingerprint density at radius 2 is 2.29 bits per heavy atom. The Morgan fingerprint density at radius 3 is 2.88 bits per heavy atom. The molecule has 0 fully saturated rings. The molecule has 1 rings (SSSR count). The van der Waals surface area contributed by atoms with E-state index in [9.17, 15) is 4.79 Å². The van der Waals surface area contributed by atoms with Crippen molar-refractivity contribution in [2.45, 2.75) is 39.3 Å². The number of rotatable bonds is 7. The summed E-state index contributed by atoms with van der Waals surface area (Å²) in [6.45, 7) is 5.87. The van der Waals surface area contributed by atoms with Crippen molar-refractivity contribution in [3.63, 3.8) is 0 Å². The highest BCUT2D eigenvalue weighted by molar-refractivity contribution is 7.07. The molecule has 0 aromatic carbocycles. The molecule has 1 amide bonds. The Hall–Kier alpha value is -0.870. The maximum Gasteiger partial charge on any atom is 0.222 e. The van der Waals surface area contributed by atoms with Crippen LogP contribution in [0.5, 0.6) is 0 Å². The number of hydrogen-bond donors (Lipinski definition) is 1. The first-order valence-corrected chi connectivity index (χ1v) is 7.02. The van der Waals surface area contributed by atoms with Gasteiger partial charge in [-0.3, -0.25) is 4.79 Å². The Labute approximate surface area is 108 Å². The van der Waals surface area contributed by atoms with Crippen molar-refractivity contribution in [3.8, 4) is 0 Å². The van der Waals surface area contributed by atoms with E-state index < -0.39 is 0 Å². The molecule has 0 unspecified atom stereocenters. The van der Waals surface area contributed by atoms with E-state index in [2.05, 4.69) is 30.6 Å². The fourth-order valence-corrected chi connectivity index (χ4v) is 2.23. The molecule has 0 radical (unpaired) electrons. The lowest BCUT2D eigenvalue weighted by Crippen LogP contribution is -2.28. The molecule has 0 aliphatic rings. The third-order valence-electron chi connectivity index (χ3n) is 2.55. The lowest BCUT2D eigenvalue weighted by atomic mass is 10.2. The maximum absolute atomic E-state index is 11.8. The van der Waals surface area contributed by atoms with Gasteiger partial charge in [-0.25, -0.2) is 0 Å². The molecule has 0 aliphatic carbocycles. The molecule has 0 saturated carbocycles. The number of hydrogen-bond acceptors (Lipinski definition) is 3. The molecule has 1 N–H and O–H groups in total. The van der Waals surface area contributed by atoms with E-state index in [1.807, 2.05) is 12.4 Å². The van der Waals surface area contributed by atoms with Gasteiger partial charge in [0.15, 0.2) is 0 Å². The van der Waals surface area contributed by atoms with E-state index in [0.29, 0.717) is 12.5 Å². The summed E-state index contributed by atoms with van der Waals surface area (Å²) in [5, 5.41) is 7.45. The number of carbonyl (C=O) groups excluding carboxylic acids is 1. The highest BCUT2D eigenvalue weighted by Gasteiger charge is 2.08. The van der Waals surface area contributed by atoms with E-state index in [-0.39, 0.29) is 5.91 Å². The van der Waals surface area contributed by atoms with Crippen molar-refractivity contribution < 1.29 is 4.79 Å². The summed E-state index contributed by atoms with van der Waals surface area (Å²) < 4.78 is 0. The second kappa shape index (κ2) is 7.45. The minimum atomic E-state index is 0.224. The van der Waals surface area contributed by atoms with Gasteiger partial charge in [0.2, 0.25) is 5.91 Å². The van der Waals surface area contributed by atoms with E-state index in [0.717, 1.165) is 19.5 Å². The number of nitrogens with zero attached hydrogens (tertiary/aromatic N) is 1. The lowest BCUT2D eigenvalue weighted by Gasteiger charge is -2.16. The second-order valence-electron chi connectivity index (χ2n) is 4.59. The third kappa shape index (κ3) is 5.84. The van der Waals surface area contributed by atoms with Crippen LogP contribution in [0.15, 0.2) is 16.8 Å². The van der Waals surface area contributed by atoms with Crippen molar-refractivity contribution >= 4 is 17.2 Å². The minimum Gasteiger partial charge on any atom is -0.341 e. The van der Waals surface area contributed by atoms with Crippen LogP contribution in [0.3, 0.4) is 0 Å². The Bertz CT molecular complexity index is 322. The zero-order valence-electron chi connectivity index (χ0n) is 10.9. The molecule has 3 nitrogen and oxygen atoms in total. The van der Waals surface area contributed by atoms with Crippen LogP contribution in [-0.2, 0) is 11.3 Å². The molecule has 0 aliphatic heterocycles. The summed E-state index contributed by atoms with van der Waals surface area (Å²) in [5.74, 6) is 0.224. The van der Waals surface area contributed by atoms with Crippen LogP contribution in [0.4, 0.5) is 0 Å². The quantitative estimate of drug-likeness (QED) is 0.758. The average Bonchev–Trinajstić information content (AvgIpc) is 2.76. The van der Waals surface area contributed by atoms with Gasteiger partial charge in [-0.1, -0.05) is 13.8 Å². The van der Waals surface area contributed by atoms with Crippen LogP contribution in [0.1, 0.15) is 32.3 Å². The van der Waals surface area contributed by atoms with Crippen molar-refractivity contribution in [2.75, 3.05) is 13.6 Å². The molecule has 0 bridgehead atoms. The van der Waals surface area contributed by atoms with E-state index in [4.69, 9.17) is 0 Å². The molecule has 0 atom stereocenters. The van der Waals surface area contributed by atoms with Gasteiger partial charge < -0.3 is 10.2 Å². The summed E-state index contributed by atoms with van der Waals surface area (Å²) in [6.07, 6.45) is 1.53. The molecule has 0 saturated heterocycles. The minimum absolute atomic E-state index is 0.224. The van der Waals surface area contributed by atoms with Crippen LogP contribution in [0, 0.1) is 0 Å². The molecule has 1 aromatic rings. The fourth-order valence-electron chi connectivity index (χ4n) is 1.57. The first-order chi connectivity index (χ1) is 8.09. The highest BCUT2D eigenvalue weighted by Crippen LogP contribution is 2.09. The maximum atomic E-state index is 11.8. The molecule has 0 spiro atoms. The zero-order valence-corrected chi connectivity index (χ0v) is 11.7. The fraction of sp³-hybridized carbons (Fsp3) is 0.615. The van der Waals surface area contributed by atoms with Gasteiger partial charge in [0.1, 0.15) is 0 Å². The molecule has 1 heterocycles. The van der Waals surface area contributed by atoms with E-state index >= 15 is 0 Å². The van der Waals surface area contributed by atoms with Gasteiger partial charge in [-0.15, -0.1) is 0 Å². The zero-order chi connectivity index (χ0) is 12.7. The Balaban J connectivity index is 2.18. The number of amides is 1. The Morgan fingerprint density at radius 1 is 1.53 bits per heavy atom. The van der Waals surface area contributed by atoms with Crippen LogP contribution in [0.25, 0.3) is 0 Å². The van der Waals surface area contributed by atoms with Crippen LogP contribution >= 0.6 is 11.3 Å². The summed E-state index contributed by atoms with van der Waals surface area (Å²) in [4.78, 5) is 13.6. The normalized spacial score (nSPS) is 10.8. The first kappa shape index (κ1) is 14.2. The third-order valence-corrected chi connectivity index (χ3v) is 3.28. The van der Waals surface area contributed by atoms with Crippen LogP contribution in [0.2, 0.25) is 0 Å². The van der Waals surface area contributed by atoms with Crippen molar-refractivity contribution in [3.05, 3.63) is 22.4 Å². The standard InChI is InChI=1S/C13H22N2OS/c1-11(2)14-7-4-5-13(16)15(3)9-12-6-8-17-10-12/h6,8,10-11,14H,4-5,7,9H2,1-3H3. The van der Waals surface area contributed by atoms with Gasteiger partial charge in [0, 0.05) is 26.1 Å². The molecular formula is C13H22N2OS. The number of carbonyl (C=O) groups is 1. The van der Waals surface area contributed by atoms with Crippen molar-refractivity contribution in [1.29, 1.82) is 0 Å². The van der Waals surface area contributed by atoms with Gasteiger partial charge >= 0.3 is 0 Å². The molecule has 96 valence electrons. The number of thiophene rings is 1. The van der Waals surface area contributed by atoms with Crippen molar-refractivity contribution in [1.82, 2.24) is 10.2 Å².